The molecule has 0 bridgehead atoms. The maximum absolute atomic E-state index is 13.7. The lowest BCUT2D eigenvalue weighted by Crippen LogP contribution is -2.40. The molecule has 34 heavy (non-hydrogen) atoms. The lowest BCUT2D eigenvalue weighted by atomic mass is 9.81. The van der Waals surface area contributed by atoms with E-state index in [9.17, 15) is 19.2 Å². The number of ether oxygens (including phenoxy) is 2. The van der Waals surface area contributed by atoms with Gasteiger partial charge in [-0.3, -0.25) is 4.90 Å². The van der Waals surface area contributed by atoms with Crippen LogP contribution >= 0.6 is 0 Å². The molecule has 1 aliphatic rings. The molecule has 1 atom stereocenters. The van der Waals surface area contributed by atoms with E-state index in [4.69, 9.17) is 15.2 Å². The second-order valence-electron chi connectivity index (χ2n) is 7.51. The molecular formula is C26H20FN3O4. The van der Waals surface area contributed by atoms with Gasteiger partial charge in [-0.15, -0.1) is 0 Å². The van der Waals surface area contributed by atoms with Crippen molar-refractivity contribution in [3.63, 3.8) is 0 Å². The minimum Gasteiger partial charge on any atom is -0.466 e. The molecule has 3 aromatic rings. The molecular weight excluding hydrogens is 437 g/mol. The molecule has 0 saturated carbocycles. The first-order valence-corrected chi connectivity index (χ1v) is 10.3. The molecule has 170 valence electrons. The van der Waals surface area contributed by atoms with Gasteiger partial charge in [-0.2, -0.15) is 5.26 Å². The maximum atomic E-state index is 13.7. The largest absolute Gasteiger partial charge is 0.466 e. The number of esters is 2. The van der Waals surface area contributed by atoms with E-state index in [1.54, 1.807) is 54.6 Å². The molecule has 1 unspecified atom stereocenters. The zero-order chi connectivity index (χ0) is 24.4. The van der Waals surface area contributed by atoms with E-state index in [1.165, 1.54) is 31.3 Å². The number of anilines is 1. The van der Waals surface area contributed by atoms with Crippen LogP contribution in [0.3, 0.4) is 0 Å². The maximum Gasteiger partial charge on any atom is 0.355 e. The molecule has 0 spiro atoms. The van der Waals surface area contributed by atoms with Gasteiger partial charge in [0.15, 0.2) is 0 Å². The van der Waals surface area contributed by atoms with Crippen LogP contribution in [-0.2, 0) is 19.1 Å². The number of fused-ring (bicyclic) bond motifs is 1. The van der Waals surface area contributed by atoms with Crippen molar-refractivity contribution in [2.75, 3.05) is 19.1 Å². The van der Waals surface area contributed by atoms with E-state index in [2.05, 4.69) is 6.07 Å². The Hall–Kier alpha value is -4.64. The van der Waals surface area contributed by atoms with Gasteiger partial charge in [-0.05, 0) is 40.6 Å². The third kappa shape index (κ3) is 3.73. The summed E-state index contributed by atoms with van der Waals surface area (Å²) in [4.78, 5) is 27.4. The summed E-state index contributed by atoms with van der Waals surface area (Å²) in [5.41, 5.74) is 7.27. The first kappa shape index (κ1) is 22.6. The number of benzene rings is 3. The van der Waals surface area contributed by atoms with Crippen LogP contribution < -0.4 is 10.6 Å². The highest BCUT2D eigenvalue weighted by Crippen LogP contribution is 2.43. The number of rotatable bonds is 4. The Morgan fingerprint density at radius 1 is 0.971 bits per heavy atom. The van der Waals surface area contributed by atoms with Crippen molar-refractivity contribution in [3.05, 3.63) is 101 Å². The highest BCUT2D eigenvalue weighted by Gasteiger charge is 2.42. The van der Waals surface area contributed by atoms with Crippen molar-refractivity contribution < 1.29 is 23.5 Å². The topological polar surface area (TPSA) is 106 Å². The summed E-state index contributed by atoms with van der Waals surface area (Å²) >= 11 is 0. The van der Waals surface area contributed by atoms with E-state index < -0.39 is 23.7 Å². The lowest BCUT2D eigenvalue weighted by molar-refractivity contribution is -0.139. The van der Waals surface area contributed by atoms with E-state index in [1.807, 2.05) is 0 Å². The highest BCUT2D eigenvalue weighted by molar-refractivity contribution is 6.06. The number of hydrogen-bond acceptors (Lipinski definition) is 7. The average molecular weight is 457 g/mol. The van der Waals surface area contributed by atoms with Gasteiger partial charge in [-0.1, -0.05) is 42.5 Å². The van der Waals surface area contributed by atoms with Crippen molar-refractivity contribution in [3.8, 4) is 6.07 Å². The van der Waals surface area contributed by atoms with Gasteiger partial charge in [0.2, 0.25) is 0 Å². The second-order valence-corrected chi connectivity index (χ2v) is 7.51. The number of methoxy groups -OCH3 is 2. The third-order valence-electron chi connectivity index (χ3n) is 5.65. The van der Waals surface area contributed by atoms with Crippen molar-refractivity contribution in [1.29, 1.82) is 5.26 Å². The monoisotopic (exact) mass is 457 g/mol. The van der Waals surface area contributed by atoms with Crippen molar-refractivity contribution in [2.24, 2.45) is 5.73 Å². The fourth-order valence-electron chi connectivity index (χ4n) is 4.12. The summed E-state index contributed by atoms with van der Waals surface area (Å²) in [7, 11) is 2.37. The number of halogens is 1. The summed E-state index contributed by atoms with van der Waals surface area (Å²) in [5, 5.41) is 11.4. The molecule has 0 fully saturated rings. The van der Waals surface area contributed by atoms with Crippen LogP contribution in [0.4, 0.5) is 10.1 Å². The molecule has 0 aromatic heterocycles. The molecule has 1 aliphatic heterocycles. The normalized spacial score (nSPS) is 15.8. The van der Waals surface area contributed by atoms with E-state index >= 15 is 0 Å². The van der Waals surface area contributed by atoms with Crippen molar-refractivity contribution in [1.82, 2.24) is 0 Å². The zero-order valence-electron chi connectivity index (χ0n) is 18.4. The highest BCUT2D eigenvalue weighted by atomic mass is 19.1. The SMILES string of the molecule is COC(=O)C1=C(C(=O)OC)N(c2ccc3cc(F)ccc3c2)C(N)=C(C#N)C1c1ccccc1. The number of nitriles is 1. The van der Waals surface area contributed by atoms with Gasteiger partial charge >= 0.3 is 11.9 Å². The summed E-state index contributed by atoms with van der Waals surface area (Å²) in [6.07, 6.45) is 0. The Kier molecular flexibility index (Phi) is 6.02. The van der Waals surface area contributed by atoms with E-state index in [0.717, 1.165) is 0 Å². The molecule has 0 aliphatic carbocycles. The number of allylic oxidation sites excluding steroid dienone is 1. The Labute approximate surface area is 195 Å². The number of carbonyl (C=O) groups excluding carboxylic acids is 2. The number of nitrogens with zero attached hydrogens (tertiary/aromatic N) is 2. The Balaban J connectivity index is 2.05. The third-order valence-corrected chi connectivity index (χ3v) is 5.65. The first-order valence-electron chi connectivity index (χ1n) is 10.3. The summed E-state index contributed by atoms with van der Waals surface area (Å²) in [6.45, 7) is 0. The van der Waals surface area contributed by atoms with Gasteiger partial charge < -0.3 is 15.2 Å². The Bertz CT molecular complexity index is 1410. The molecule has 1 heterocycles. The zero-order valence-corrected chi connectivity index (χ0v) is 18.4. The van der Waals surface area contributed by atoms with Crippen LogP contribution in [0.2, 0.25) is 0 Å². The van der Waals surface area contributed by atoms with Gasteiger partial charge in [-0.25, -0.2) is 14.0 Å². The predicted molar refractivity (Wildman–Crippen MR) is 123 cm³/mol. The van der Waals surface area contributed by atoms with Crippen LogP contribution in [0.5, 0.6) is 0 Å². The predicted octanol–water partition coefficient (Wildman–Crippen LogP) is 3.88. The van der Waals surface area contributed by atoms with Crippen LogP contribution in [0.1, 0.15) is 11.5 Å². The number of hydrogen-bond donors (Lipinski definition) is 1. The van der Waals surface area contributed by atoms with Crippen LogP contribution in [0.25, 0.3) is 10.8 Å². The smallest absolute Gasteiger partial charge is 0.355 e. The fourth-order valence-corrected chi connectivity index (χ4v) is 4.12. The lowest BCUT2D eigenvalue weighted by Gasteiger charge is -2.36. The standard InChI is InChI=1S/C26H20FN3O4/c1-33-25(31)22-21(15-6-4-3-5-7-15)20(14-28)24(29)30(23(22)26(32)34-2)19-11-9-16-12-18(27)10-8-17(16)13-19/h3-13,21H,29H2,1-2H3. The molecule has 8 heteroatoms. The van der Waals surface area contributed by atoms with Crippen molar-refractivity contribution in [2.45, 2.75) is 5.92 Å². The van der Waals surface area contributed by atoms with Crippen LogP contribution in [0, 0.1) is 17.1 Å². The first-order chi connectivity index (χ1) is 16.4. The Morgan fingerprint density at radius 2 is 1.62 bits per heavy atom. The second kappa shape index (κ2) is 9.08. The molecule has 0 saturated heterocycles. The molecule has 3 aromatic carbocycles. The summed E-state index contributed by atoms with van der Waals surface area (Å²) in [6, 6.07) is 20.1. The van der Waals surface area contributed by atoms with E-state index in [-0.39, 0.29) is 22.7 Å². The molecule has 0 radical (unpaired) electrons. The van der Waals surface area contributed by atoms with Gasteiger partial charge in [0.05, 0.1) is 37.4 Å². The number of nitrogens with two attached hydrogens (primary N) is 1. The summed E-state index contributed by atoms with van der Waals surface area (Å²) < 4.78 is 23.7. The van der Waals surface area contributed by atoms with Crippen molar-refractivity contribution >= 4 is 28.4 Å². The molecule has 4 rings (SSSR count). The van der Waals surface area contributed by atoms with Crippen LogP contribution in [-0.4, -0.2) is 26.2 Å². The quantitative estimate of drug-likeness (QED) is 0.593. The number of carbonyl (C=O) groups is 2. The van der Waals surface area contributed by atoms with Gasteiger partial charge in [0, 0.05) is 5.69 Å². The van der Waals surface area contributed by atoms with Gasteiger partial charge in [0.25, 0.3) is 0 Å². The molecule has 7 nitrogen and oxygen atoms in total. The summed E-state index contributed by atoms with van der Waals surface area (Å²) in [5.74, 6) is -3.01. The fraction of sp³-hybridized carbons (Fsp3) is 0.115. The Morgan fingerprint density at radius 3 is 2.26 bits per heavy atom. The van der Waals surface area contributed by atoms with Crippen LogP contribution in [0.15, 0.2) is 89.4 Å². The molecule has 0 amide bonds. The van der Waals surface area contributed by atoms with E-state index in [0.29, 0.717) is 22.0 Å². The average Bonchev–Trinajstić information content (AvgIpc) is 2.87. The minimum atomic E-state index is -0.946. The molecule has 2 N–H and O–H groups in total. The minimum absolute atomic E-state index is 0.0362. The van der Waals surface area contributed by atoms with Gasteiger partial charge in [0.1, 0.15) is 17.3 Å².